The van der Waals surface area contributed by atoms with E-state index in [1.54, 1.807) is 0 Å². The summed E-state index contributed by atoms with van der Waals surface area (Å²) in [7, 11) is 2.03. The summed E-state index contributed by atoms with van der Waals surface area (Å²) < 4.78 is 4.16. The van der Waals surface area contributed by atoms with Gasteiger partial charge in [-0.25, -0.2) is 4.57 Å². The first-order chi connectivity index (χ1) is 9.33. The third-order valence-electron chi connectivity index (χ3n) is 3.20. The van der Waals surface area contributed by atoms with Gasteiger partial charge >= 0.3 is 0 Å². The summed E-state index contributed by atoms with van der Waals surface area (Å²) in [6.07, 6.45) is 8.32. The molecule has 0 saturated heterocycles. The van der Waals surface area contributed by atoms with E-state index in [-0.39, 0.29) is 0 Å². The zero-order chi connectivity index (χ0) is 13.1. The fraction of sp³-hybridized carbons (Fsp3) is 0.0588. The average molecular weight is 248 g/mol. The van der Waals surface area contributed by atoms with Crippen LogP contribution in [0.3, 0.4) is 0 Å². The fourth-order valence-electron chi connectivity index (χ4n) is 2.08. The van der Waals surface area contributed by atoms with E-state index in [1.165, 1.54) is 16.8 Å². The topological polar surface area (TPSA) is 7.76 Å². The van der Waals surface area contributed by atoms with Gasteiger partial charge in [-0.3, -0.25) is 0 Å². The minimum absolute atomic E-state index is 1.17. The van der Waals surface area contributed by atoms with Gasteiger partial charge in [0, 0.05) is 36.4 Å². The third-order valence-corrected chi connectivity index (χ3v) is 3.20. The quantitative estimate of drug-likeness (QED) is 0.615. The standard InChI is InChI=1S/C17H16N2/c1-18-11-7-15(8-12-18)16-9-13-19(14-10-16)17-5-3-2-4-6-17/h2-14H,1H3/q+2. The Morgan fingerprint density at radius 1 is 0.632 bits per heavy atom. The van der Waals surface area contributed by atoms with Crippen LogP contribution in [0.25, 0.3) is 16.8 Å². The lowest BCUT2D eigenvalue weighted by atomic mass is 10.1. The number of para-hydroxylation sites is 1. The van der Waals surface area contributed by atoms with Crippen LogP contribution in [0, 0.1) is 0 Å². The number of hydrogen-bond donors (Lipinski definition) is 0. The Hall–Kier alpha value is -2.48. The second-order valence-corrected chi connectivity index (χ2v) is 4.58. The van der Waals surface area contributed by atoms with E-state index in [0.717, 1.165) is 0 Å². The molecule has 0 N–H and O–H groups in total. The number of nitrogens with zero attached hydrogens (tertiary/aromatic N) is 2. The van der Waals surface area contributed by atoms with E-state index in [2.05, 4.69) is 65.8 Å². The molecule has 2 aromatic heterocycles. The van der Waals surface area contributed by atoms with Gasteiger partial charge in [0.2, 0.25) is 5.69 Å². The number of rotatable bonds is 2. The van der Waals surface area contributed by atoms with E-state index >= 15 is 0 Å². The maximum absolute atomic E-state index is 2.14. The average Bonchev–Trinajstić information content (AvgIpc) is 2.49. The molecule has 2 heteroatoms. The second kappa shape index (κ2) is 5.02. The van der Waals surface area contributed by atoms with Crippen LogP contribution in [0.4, 0.5) is 0 Å². The smallest absolute Gasteiger partial charge is 0.208 e. The van der Waals surface area contributed by atoms with Crippen molar-refractivity contribution in [1.29, 1.82) is 0 Å². The molecule has 0 aliphatic heterocycles. The highest BCUT2D eigenvalue weighted by Crippen LogP contribution is 2.15. The van der Waals surface area contributed by atoms with Gasteiger partial charge in [0.25, 0.3) is 0 Å². The molecule has 0 aliphatic carbocycles. The molecule has 3 rings (SSSR count). The highest BCUT2D eigenvalue weighted by atomic mass is 14.9. The van der Waals surface area contributed by atoms with Crippen LogP contribution >= 0.6 is 0 Å². The molecule has 0 radical (unpaired) electrons. The first-order valence-electron chi connectivity index (χ1n) is 6.35. The van der Waals surface area contributed by atoms with Crippen molar-refractivity contribution in [2.45, 2.75) is 0 Å². The lowest BCUT2D eigenvalue weighted by Gasteiger charge is -1.99. The number of benzene rings is 1. The highest BCUT2D eigenvalue weighted by molar-refractivity contribution is 5.61. The highest BCUT2D eigenvalue weighted by Gasteiger charge is 2.06. The molecule has 3 aromatic rings. The third kappa shape index (κ3) is 2.52. The molecule has 2 nitrogen and oxygen atoms in total. The van der Waals surface area contributed by atoms with Gasteiger partial charge < -0.3 is 0 Å². The molecular weight excluding hydrogens is 232 g/mol. The Balaban J connectivity index is 1.93. The Labute approximate surface area is 113 Å². The lowest BCUT2D eigenvalue weighted by Crippen LogP contribution is -2.29. The molecule has 0 fully saturated rings. The fourth-order valence-corrected chi connectivity index (χ4v) is 2.08. The van der Waals surface area contributed by atoms with Crippen LogP contribution in [0.5, 0.6) is 0 Å². The molecule has 2 heterocycles. The van der Waals surface area contributed by atoms with Gasteiger partial charge in [0.05, 0.1) is 0 Å². The van der Waals surface area contributed by atoms with Gasteiger partial charge in [-0.2, -0.15) is 4.57 Å². The summed E-state index contributed by atoms with van der Waals surface area (Å²) in [5.74, 6) is 0. The van der Waals surface area contributed by atoms with Crippen molar-refractivity contribution >= 4 is 0 Å². The van der Waals surface area contributed by atoms with Gasteiger partial charge in [-0.1, -0.05) is 18.2 Å². The molecule has 0 atom stereocenters. The first-order valence-corrected chi connectivity index (χ1v) is 6.35. The van der Waals surface area contributed by atoms with Crippen molar-refractivity contribution in [3.63, 3.8) is 0 Å². The Morgan fingerprint density at radius 2 is 1.16 bits per heavy atom. The summed E-state index contributed by atoms with van der Waals surface area (Å²) in [6, 6.07) is 18.9. The molecule has 0 aliphatic rings. The van der Waals surface area contributed by atoms with E-state index in [1.807, 2.05) is 29.8 Å². The number of hydrogen-bond acceptors (Lipinski definition) is 0. The van der Waals surface area contributed by atoms with E-state index in [4.69, 9.17) is 0 Å². The SMILES string of the molecule is C[n+]1ccc(-c2cc[n+](-c3ccccc3)cc2)cc1. The van der Waals surface area contributed by atoms with Crippen LogP contribution in [0.2, 0.25) is 0 Å². The zero-order valence-electron chi connectivity index (χ0n) is 10.9. The van der Waals surface area contributed by atoms with Crippen LogP contribution in [0.15, 0.2) is 79.4 Å². The van der Waals surface area contributed by atoms with Crippen LogP contribution < -0.4 is 9.13 Å². The molecule has 92 valence electrons. The lowest BCUT2D eigenvalue weighted by molar-refractivity contribution is -0.671. The largest absolute Gasteiger partial charge is 0.210 e. The van der Waals surface area contributed by atoms with Crippen molar-refractivity contribution in [2.24, 2.45) is 7.05 Å². The summed E-state index contributed by atoms with van der Waals surface area (Å²) in [5.41, 5.74) is 3.64. The number of aromatic nitrogens is 2. The molecule has 0 saturated carbocycles. The predicted molar refractivity (Wildman–Crippen MR) is 74.6 cm³/mol. The molecule has 0 amide bonds. The van der Waals surface area contributed by atoms with E-state index < -0.39 is 0 Å². The minimum Gasteiger partial charge on any atom is -0.208 e. The molecule has 0 spiro atoms. The van der Waals surface area contributed by atoms with Crippen molar-refractivity contribution in [2.75, 3.05) is 0 Å². The van der Waals surface area contributed by atoms with E-state index in [9.17, 15) is 0 Å². The van der Waals surface area contributed by atoms with Gasteiger partial charge in [-0.05, 0) is 11.1 Å². The second-order valence-electron chi connectivity index (χ2n) is 4.58. The van der Waals surface area contributed by atoms with Crippen molar-refractivity contribution in [3.8, 4) is 16.8 Å². The van der Waals surface area contributed by atoms with Crippen molar-refractivity contribution in [1.82, 2.24) is 0 Å². The molecule has 0 bridgehead atoms. The van der Waals surface area contributed by atoms with Crippen LogP contribution in [0.1, 0.15) is 0 Å². The Kier molecular flexibility index (Phi) is 3.07. The van der Waals surface area contributed by atoms with Crippen LogP contribution in [-0.4, -0.2) is 0 Å². The Morgan fingerprint density at radius 3 is 1.74 bits per heavy atom. The van der Waals surface area contributed by atoms with Gasteiger partial charge in [-0.15, -0.1) is 0 Å². The molecular formula is C17H16N2+2. The minimum atomic E-state index is 1.17. The molecule has 1 aromatic carbocycles. The zero-order valence-corrected chi connectivity index (χ0v) is 10.9. The number of pyridine rings is 2. The van der Waals surface area contributed by atoms with E-state index in [0.29, 0.717) is 0 Å². The normalized spacial score (nSPS) is 10.4. The van der Waals surface area contributed by atoms with Crippen molar-refractivity contribution < 1.29 is 9.13 Å². The van der Waals surface area contributed by atoms with Crippen LogP contribution in [-0.2, 0) is 7.05 Å². The molecule has 0 unspecified atom stereocenters. The maximum atomic E-state index is 2.14. The predicted octanol–water partition coefficient (Wildman–Crippen LogP) is 2.45. The summed E-state index contributed by atoms with van der Waals surface area (Å²) in [5, 5.41) is 0. The summed E-state index contributed by atoms with van der Waals surface area (Å²) >= 11 is 0. The maximum Gasteiger partial charge on any atom is 0.210 e. The van der Waals surface area contributed by atoms with Gasteiger partial charge in [0.15, 0.2) is 24.8 Å². The molecule has 19 heavy (non-hydrogen) atoms. The summed E-state index contributed by atoms with van der Waals surface area (Å²) in [6.45, 7) is 0. The number of aryl methyl sites for hydroxylation is 1. The Bertz CT molecular complexity index is 656. The van der Waals surface area contributed by atoms with Gasteiger partial charge in [0.1, 0.15) is 7.05 Å². The monoisotopic (exact) mass is 248 g/mol. The first kappa shape index (κ1) is 11.6. The summed E-state index contributed by atoms with van der Waals surface area (Å²) in [4.78, 5) is 0. The van der Waals surface area contributed by atoms with Crippen molar-refractivity contribution in [3.05, 3.63) is 79.4 Å².